The van der Waals surface area contributed by atoms with Crippen molar-refractivity contribution in [1.82, 2.24) is 15.3 Å². The molecule has 102 valence electrons. The Balaban J connectivity index is 2.24. The highest BCUT2D eigenvalue weighted by Crippen LogP contribution is 2.32. The van der Waals surface area contributed by atoms with E-state index in [1.54, 1.807) is 17.7 Å². The molecule has 2 aromatic rings. The number of nitrogens with one attached hydrogen (secondary N) is 1. The number of hydrogen-bond donors (Lipinski definition) is 1. The molecule has 0 unspecified atom stereocenters. The lowest BCUT2D eigenvalue weighted by Gasteiger charge is -2.10. The van der Waals surface area contributed by atoms with Crippen LogP contribution in [0.25, 0.3) is 10.2 Å². The molecular formula is C13H17N3OS2. The molecule has 1 atom stereocenters. The number of thioether (sulfide) groups is 1. The van der Waals surface area contributed by atoms with Crippen molar-refractivity contribution in [2.24, 2.45) is 0 Å². The second-order valence-corrected chi connectivity index (χ2v) is 6.56. The van der Waals surface area contributed by atoms with Crippen molar-refractivity contribution in [1.29, 1.82) is 0 Å². The molecule has 0 aromatic carbocycles. The first-order valence-corrected chi connectivity index (χ1v) is 8.03. The Morgan fingerprint density at radius 1 is 1.47 bits per heavy atom. The minimum Gasteiger partial charge on any atom is -0.355 e. The fourth-order valence-corrected chi connectivity index (χ4v) is 3.61. The van der Waals surface area contributed by atoms with E-state index in [-0.39, 0.29) is 11.2 Å². The zero-order valence-corrected chi connectivity index (χ0v) is 12.9. The minimum atomic E-state index is -0.150. The maximum Gasteiger partial charge on any atom is 0.233 e. The molecule has 2 rings (SSSR count). The van der Waals surface area contributed by atoms with Crippen molar-refractivity contribution in [2.75, 3.05) is 6.54 Å². The second kappa shape index (κ2) is 6.34. The first-order valence-electron chi connectivity index (χ1n) is 6.33. The molecular weight excluding hydrogens is 278 g/mol. The Morgan fingerprint density at radius 2 is 2.26 bits per heavy atom. The highest BCUT2D eigenvalue weighted by molar-refractivity contribution is 8.00. The first-order chi connectivity index (χ1) is 9.15. The third-order valence-corrected chi connectivity index (χ3v) is 5.00. The standard InChI is InChI=1S/C13H17N3OS2/c1-4-9-6-10-12(15-7-16-13(10)19-9)18-8(3)11(17)14-5-2/h6-8H,4-5H2,1-3H3,(H,14,17)/t8-/m1/s1. The van der Waals surface area contributed by atoms with Crippen molar-refractivity contribution < 1.29 is 4.79 Å². The summed E-state index contributed by atoms with van der Waals surface area (Å²) in [6, 6.07) is 2.13. The van der Waals surface area contributed by atoms with E-state index in [4.69, 9.17) is 0 Å². The van der Waals surface area contributed by atoms with Gasteiger partial charge in [-0.2, -0.15) is 0 Å². The number of fused-ring (bicyclic) bond motifs is 1. The van der Waals surface area contributed by atoms with Crippen molar-refractivity contribution in [2.45, 2.75) is 37.5 Å². The summed E-state index contributed by atoms with van der Waals surface area (Å²) >= 11 is 3.18. The summed E-state index contributed by atoms with van der Waals surface area (Å²) < 4.78 is 0. The summed E-state index contributed by atoms with van der Waals surface area (Å²) in [7, 11) is 0. The van der Waals surface area contributed by atoms with Gasteiger partial charge in [0.1, 0.15) is 16.2 Å². The smallest absolute Gasteiger partial charge is 0.233 e. The zero-order chi connectivity index (χ0) is 13.8. The zero-order valence-electron chi connectivity index (χ0n) is 11.3. The SMILES string of the molecule is CCNC(=O)[C@@H](C)Sc1ncnc2sc(CC)cc12. The molecule has 6 heteroatoms. The Kier molecular flexibility index (Phi) is 4.76. The number of carbonyl (C=O) groups excluding carboxylic acids is 1. The lowest BCUT2D eigenvalue weighted by Crippen LogP contribution is -2.30. The third-order valence-electron chi connectivity index (χ3n) is 2.70. The van der Waals surface area contributed by atoms with E-state index in [1.165, 1.54) is 16.6 Å². The molecule has 2 heterocycles. The number of aromatic nitrogens is 2. The van der Waals surface area contributed by atoms with Gasteiger partial charge in [-0.3, -0.25) is 4.79 Å². The fourth-order valence-electron chi connectivity index (χ4n) is 1.69. The predicted octanol–water partition coefficient (Wildman–Crippen LogP) is 2.87. The number of amides is 1. The summed E-state index contributed by atoms with van der Waals surface area (Å²) in [5, 5.41) is 4.63. The van der Waals surface area contributed by atoms with E-state index in [1.807, 2.05) is 13.8 Å². The van der Waals surface area contributed by atoms with E-state index in [2.05, 4.69) is 28.3 Å². The van der Waals surface area contributed by atoms with Crippen LogP contribution < -0.4 is 5.32 Å². The van der Waals surface area contributed by atoms with E-state index in [0.29, 0.717) is 6.54 Å². The summed E-state index contributed by atoms with van der Waals surface area (Å²) in [5.74, 6) is 0.0465. The second-order valence-electron chi connectivity index (χ2n) is 4.12. The van der Waals surface area contributed by atoms with Gasteiger partial charge in [0, 0.05) is 16.8 Å². The monoisotopic (exact) mass is 295 g/mol. The summed E-state index contributed by atoms with van der Waals surface area (Å²) in [6.07, 6.45) is 2.57. The summed E-state index contributed by atoms with van der Waals surface area (Å²) in [5.41, 5.74) is 0. The van der Waals surface area contributed by atoms with Gasteiger partial charge in [-0.05, 0) is 26.3 Å². The number of rotatable bonds is 5. The van der Waals surface area contributed by atoms with Crippen LogP contribution in [0.15, 0.2) is 17.4 Å². The molecule has 0 fully saturated rings. The Morgan fingerprint density at radius 3 is 2.95 bits per heavy atom. The van der Waals surface area contributed by atoms with Crippen LogP contribution in [-0.2, 0) is 11.2 Å². The molecule has 19 heavy (non-hydrogen) atoms. The molecule has 0 aliphatic heterocycles. The van der Waals surface area contributed by atoms with Gasteiger partial charge in [-0.15, -0.1) is 11.3 Å². The largest absolute Gasteiger partial charge is 0.355 e. The molecule has 0 bridgehead atoms. The minimum absolute atomic E-state index is 0.0465. The lowest BCUT2D eigenvalue weighted by atomic mass is 10.3. The van der Waals surface area contributed by atoms with Crippen molar-refractivity contribution in [3.8, 4) is 0 Å². The molecule has 0 spiro atoms. The van der Waals surface area contributed by atoms with Gasteiger partial charge in [-0.25, -0.2) is 9.97 Å². The number of hydrogen-bond acceptors (Lipinski definition) is 5. The number of aryl methyl sites for hydroxylation is 1. The average Bonchev–Trinajstić information content (AvgIpc) is 2.83. The molecule has 1 amide bonds. The molecule has 1 N–H and O–H groups in total. The Bertz CT molecular complexity index is 582. The van der Waals surface area contributed by atoms with Gasteiger partial charge >= 0.3 is 0 Å². The first kappa shape index (κ1) is 14.3. The van der Waals surface area contributed by atoms with E-state index >= 15 is 0 Å². The molecule has 0 aliphatic carbocycles. The van der Waals surface area contributed by atoms with Crippen LogP contribution in [0.2, 0.25) is 0 Å². The van der Waals surface area contributed by atoms with Gasteiger partial charge < -0.3 is 5.32 Å². The average molecular weight is 295 g/mol. The van der Waals surface area contributed by atoms with Crippen molar-refractivity contribution in [3.05, 3.63) is 17.3 Å². The molecule has 0 saturated carbocycles. The molecule has 0 radical (unpaired) electrons. The maximum absolute atomic E-state index is 11.8. The van der Waals surface area contributed by atoms with Crippen LogP contribution in [0.3, 0.4) is 0 Å². The Hall–Kier alpha value is -1.14. The van der Waals surface area contributed by atoms with Gasteiger partial charge in [0.15, 0.2) is 0 Å². The topological polar surface area (TPSA) is 54.9 Å². The quantitative estimate of drug-likeness (QED) is 0.681. The highest BCUT2D eigenvalue weighted by Gasteiger charge is 2.17. The van der Waals surface area contributed by atoms with Crippen LogP contribution in [0.1, 0.15) is 25.6 Å². The van der Waals surface area contributed by atoms with Crippen LogP contribution in [0.5, 0.6) is 0 Å². The van der Waals surface area contributed by atoms with Gasteiger partial charge in [0.25, 0.3) is 0 Å². The van der Waals surface area contributed by atoms with Crippen LogP contribution in [0, 0.1) is 0 Å². The molecule has 2 aromatic heterocycles. The molecule has 4 nitrogen and oxygen atoms in total. The predicted molar refractivity (Wildman–Crippen MR) is 80.8 cm³/mol. The van der Waals surface area contributed by atoms with Gasteiger partial charge in [0.2, 0.25) is 5.91 Å². The normalized spacial score (nSPS) is 12.6. The van der Waals surface area contributed by atoms with Gasteiger partial charge in [-0.1, -0.05) is 18.7 Å². The van der Waals surface area contributed by atoms with Crippen LogP contribution >= 0.6 is 23.1 Å². The maximum atomic E-state index is 11.8. The van der Waals surface area contributed by atoms with Crippen molar-refractivity contribution in [3.63, 3.8) is 0 Å². The molecule has 0 aliphatic rings. The third kappa shape index (κ3) is 3.25. The number of carbonyl (C=O) groups is 1. The molecule has 0 saturated heterocycles. The van der Waals surface area contributed by atoms with Crippen molar-refractivity contribution >= 4 is 39.2 Å². The van der Waals surface area contributed by atoms with Crippen LogP contribution in [-0.4, -0.2) is 27.7 Å². The van der Waals surface area contributed by atoms with Gasteiger partial charge in [0.05, 0.1) is 5.25 Å². The number of nitrogens with zero attached hydrogens (tertiary/aromatic N) is 2. The van der Waals surface area contributed by atoms with E-state index in [9.17, 15) is 4.79 Å². The Labute approximate surface area is 121 Å². The van der Waals surface area contributed by atoms with Crippen LogP contribution in [0.4, 0.5) is 0 Å². The number of thiophene rings is 1. The summed E-state index contributed by atoms with van der Waals surface area (Å²) in [4.78, 5) is 22.7. The fraction of sp³-hybridized carbons (Fsp3) is 0.462. The highest BCUT2D eigenvalue weighted by atomic mass is 32.2. The lowest BCUT2D eigenvalue weighted by molar-refractivity contribution is -0.120. The van der Waals surface area contributed by atoms with E-state index < -0.39 is 0 Å². The van der Waals surface area contributed by atoms with E-state index in [0.717, 1.165) is 21.7 Å². The summed E-state index contributed by atoms with van der Waals surface area (Å²) in [6.45, 7) is 6.60.